The number of aryl methyl sites for hydroxylation is 1. The molecular weight excluding hydrogens is 284 g/mol. The summed E-state index contributed by atoms with van der Waals surface area (Å²) < 4.78 is 0. The number of benzene rings is 1. The minimum atomic E-state index is -0.548. The van der Waals surface area contributed by atoms with Crippen LogP contribution in [0.2, 0.25) is 0 Å². The summed E-state index contributed by atoms with van der Waals surface area (Å²) in [5, 5.41) is 11.1. The summed E-state index contributed by atoms with van der Waals surface area (Å²) >= 11 is 0. The van der Waals surface area contributed by atoms with Gasteiger partial charge in [-0.1, -0.05) is 0 Å². The third-order valence-corrected chi connectivity index (χ3v) is 4.93. The first-order chi connectivity index (χ1) is 10.4. The molecule has 7 heteroatoms. The average molecular weight is 304 g/mol. The van der Waals surface area contributed by atoms with Crippen LogP contribution in [0.5, 0.6) is 0 Å². The number of rotatable bonds is 2. The minimum absolute atomic E-state index is 0.0537. The zero-order valence-electron chi connectivity index (χ0n) is 12.5. The molecule has 1 heterocycles. The molecule has 0 aromatic heterocycles. The van der Waals surface area contributed by atoms with E-state index in [0.717, 1.165) is 12.8 Å². The largest absolute Gasteiger partial charge is 0.393 e. The van der Waals surface area contributed by atoms with Crippen LogP contribution in [0.1, 0.15) is 28.8 Å². The number of anilines is 1. The van der Waals surface area contributed by atoms with Gasteiger partial charge in [0.1, 0.15) is 5.69 Å². The van der Waals surface area contributed by atoms with Gasteiger partial charge in [0.25, 0.3) is 11.6 Å². The highest BCUT2D eigenvalue weighted by molar-refractivity contribution is 6.01. The molecule has 4 N–H and O–H groups in total. The Hall–Kier alpha value is -2.15. The van der Waals surface area contributed by atoms with Crippen molar-refractivity contribution in [1.29, 1.82) is 0 Å². The lowest BCUT2D eigenvalue weighted by Crippen LogP contribution is -2.34. The molecule has 22 heavy (non-hydrogen) atoms. The summed E-state index contributed by atoms with van der Waals surface area (Å²) in [6, 6.07) is 3.16. The van der Waals surface area contributed by atoms with Crippen molar-refractivity contribution in [3.05, 3.63) is 33.4 Å². The van der Waals surface area contributed by atoms with E-state index in [9.17, 15) is 14.9 Å². The van der Waals surface area contributed by atoms with Crippen LogP contribution in [-0.2, 0) is 0 Å². The van der Waals surface area contributed by atoms with Crippen molar-refractivity contribution in [3.63, 3.8) is 0 Å². The molecule has 1 aromatic rings. The molecule has 3 unspecified atom stereocenters. The maximum absolute atomic E-state index is 12.7. The van der Waals surface area contributed by atoms with Crippen LogP contribution >= 0.6 is 0 Å². The van der Waals surface area contributed by atoms with E-state index in [1.807, 2.05) is 0 Å². The molecule has 2 aliphatic rings. The maximum atomic E-state index is 12.7. The number of nitro groups is 1. The Morgan fingerprint density at radius 1 is 1.36 bits per heavy atom. The number of nitrogen functional groups attached to an aromatic ring is 1. The number of hydrogen-bond acceptors (Lipinski definition) is 5. The van der Waals surface area contributed by atoms with Crippen LogP contribution in [0, 0.1) is 28.9 Å². The first-order valence-corrected chi connectivity index (χ1v) is 7.48. The molecule has 118 valence electrons. The Labute approximate surface area is 128 Å². The van der Waals surface area contributed by atoms with E-state index in [2.05, 4.69) is 0 Å². The van der Waals surface area contributed by atoms with Gasteiger partial charge in [0, 0.05) is 25.2 Å². The standard InChI is InChI=1S/C15H20N4O3/c1-8-4-10(14(17)13(5-8)19(21)22)15(20)18-6-9-2-3-12(16)11(9)7-18/h4-5,9,11-12H,2-3,6-7,16-17H2,1H3. The lowest BCUT2D eigenvalue weighted by Gasteiger charge is -2.20. The number of nitro benzene ring substituents is 1. The van der Waals surface area contributed by atoms with Crippen molar-refractivity contribution < 1.29 is 9.72 Å². The van der Waals surface area contributed by atoms with Crippen molar-refractivity contribution >= 4 is 17.3 Å². The van der Waals surface area contributed by atoms with E-state index >= 15 is 0 Å². The smallest absolute Gasteiger partial charge is 0.293 e. The fraction of sp³-hybridized carbons (Fsp3) is 0.533. The van der Waals surface area contributed by atoms with Gasteiger partial charge in [0.05, 0.1) is 10.5 Å². The van der Waals surface area contributed by atoms with E-state index in [0.29, 0.717) is 30.5 Å². The van der Waals surface area contributed by atoms with Crippen LogP contribution in [-0.4, -0.2) is 34.9 Å². The molecule has 7 nitrogen and oxygen atoms in total. The van der Waals surface area contributed by atoms with Crippen molar-refractivity contribution in [2.24, 2.45) is 17.6 Å². The minimum Gasteiger partial charge on any atom is -0.393 e. The van der Waals surface area contributed by atoms with Gasteiger partial charge in [-0.05, 0) is 43.2 Å². The second-order valence-electron chi connectivity index (χ2n) is 6.38. The number of hydrogen-bond donors (Lipinski definition) is 2. The Balaban J connectivity index is 1.89. The summed E-state index contributed by atoms with van der Waals surface area (Å²) in [6.45, 7) is 3.00. The lowest BCUT2D eigenvalue weighted by molar-refractivity contribution is -0.384. The van der Waals surface area contributed by atoms with E-state index < -0.39 is 4.92 Å². The Morgan fingerprint density at radius 2 is 2.09 bits per heavy atom. The second kappa shape index (κ2) is 5.24. The van der Waals surface area contributed by atoms with E-state index in [4.69, 9.17) is 11.5 Å². The van der Waals surface area contributed by atoms with Crippen LogP contribution in [0.4, 0.5) is 11.4 Å². The number of carbonyl (C=O) groups excluding carboxylic acids is 1. The SMILES string of the molecule is Cc1cc(C(=O)N2CC3CCC(N)C3C2)c(N)c([N+](=O)[O-])c1. The molecule has 0 bridgehead atoms. The number of likely N-dealkylation sites (tertiary alicyclic amines) is 1. The van der Waals surface area contributed by atoms with E-state index in [1.54, 1.807) is 17.9 Å². The Morgan fingerprint density at radius 3 is 2.73 bits per heavy atom. The molecule has 3 atom stereocenters. The number of nitrogens with two attached hydrogens (primary N) is 2. The maximum Gasteiger partial charge on any atom is 0.293 e. The topological polar surface area (TPSA) is 115 Å². The molecule has 1 aliphatic heterocycles. The third-order valence-electron chi connectivity index (χ3n) is 4.93. The third kappa shape index (κ3) is 2.31. The second-order valence-corrected chi connectivity index (χ2v) is 6.38. The van der Waals surface area contributed by atoms with Gasteiger partial charge < -0.3 is 16.4 Å². The van der Waals surface area contributed by atoms with Crippen LogP contribution in [0.25, 0.3) is 0 Å². The molecule has 1 aromatic carbocycles. The summed E-state index contributed by atoms with van der Waals surface area (Å²) in [5.74, 6) is 0.552. The number of fused-ring (bicyclic) bond motifs is 1. The highest BCUT2D eigenvalue weighted by atomic mass is 16.6. The van der Waals surface area contributed by atoms with Gasteiger partial charge in [0.2, 0.25) is 0 Å². The molecule has 1 aliphatic carbocycles. The molecular formula is C15H20N4O3. The van der Waals surface area contributed by atoms with Gasteiger partial charge in [-0.3, -0.25) is 14.9 Å². The molecule has 2 fully saturated rings. The molecule has 3 rings (SSSR count). The van der Waals surface area contributed by atoms with Crippen LogP contribution < -0.4 is 11.5 Å². The van der Waals surface area contributed by atoms with E-state index in [1.165, 1.54) is 6.07 Å². The number of amides is 1. The molecule has 1 saturated carbocycles. The van der Waals surface area contributed by atoms with Crippen molar-refractivity contribution in [2.75, 3.05) is 18.8 Å². The van der Waals surface area contributed by atoms with Gasteiger partial charge in [0.15, 0.2) is 0 Å². The molecule has 1 amide bonds. The predicted octanol–water partition coefficient (Wildman–Crippen LogP) is 1.29. The lowest BCUT2D eigenvalue weighted by atomic mass is 9.98. The van der Waals surface area contributed by atoms with Gasteiger partial charge in [-0.15, -0.1) is 0 Å². The van der Waals surface area contributed by atoms with E-state index in [-0.39, 0.29) is 28.9 Å². The fourth-order valence-corrected chi connectivity index (χ4v) is 3.75. The fourth-order valence-electron chi connectivity index (χ4n) is 3.75. The van der Waals surface area contributed by atoms with Crippen molar-refractivity contribution in [1.82, 2.24) is 4.90 Å². The van der Waals surface area contributed by atoms with Gasteiger partial charge in [-0.2, -0.15) is 0 Å². The number of carbonyl (C=O) groups is 1. The zero-order valence-corrected chi connectivity index (χ0v) is 12.5. The Kier molecular flexibility index (Phi) is 3.52. The highest BCUT2D eigenvalue weighted by Crippen LogP contribution is 2.38. The summed E-state index contributed by atoms with van der Waals surface area (Å²) in [7, 11) is 0. The van der Waals surface area contributed by atoms with Crippen molar-refractivity contribution in [3.8, 4) is 0 Å². The van der Waals surface area contributed by atoms with Crippen LogP contribution in [0.3, 0.4) is 0 Å². The summed E-state index contributed by atoms with van der Waals surface area (Å²) in [6.07, 6.45) is 2.05. The van der Waals surface area contributed by atoms with Gasteiger partial charge >= 0.3 is 0 Å². The molecule has 0 spiro atoms. The predicted molar refractivity (Wildman–Crippen MR) is 82.3 cm³/mol. The Bertz CT molecular complexity index is 646. The summed E-state index contributed by atoms with van der Waals surface area (Å²) in [5.41, 5.74) is 12.6. The molecule has 0 radical (unpaired) electrons. The average Bonchev–Trinajstić information content (AvgIpc) is 3.02. The summed E-state index contributed by atoms with van der Waals surface area (Å²) in [4.78, 5) is 25.0. The zero-order chi connectivity index (χ0) is 16.0. The van der Waals surface area contributed by atoms with Crippen LogP contribution in [0.15, 0.2) is 12.1 Å². The normalized spacial score (nSPS) is 27.0. The quantitative estimate of drug-likeness (QED) is 0.485. The first kappa shape index (κ1) is 14.8. The highest BCUT2D eigenvalue weighted by Gasteiger charge is 2.43. The van der Waals surface area contributed by atoms with Gasteiger partial charge in [-0.25, -0.2) is 0 Å². The first-order valence-electron chi connectivity index (χ1n) is 7.48. The number of nitrogens with zero attached hydrogens (tertiary/aromatic N) is 2. The van der Waals surface area contributed by atoms with Crippen molar-refractivity contribution in [2.45, 2.75) is 25.8 Å². The molecule has 1 saturated heterocycles. The monoisotopic (exact) mass is 304 g/mol.